The molecule has 188 valence electrons. The van der Waals surface area contributed by atoms with Crippen molar-refractivity contribution in [3.05, 3.63) is 59.4 Å². The van der Waals surface area contributed by atoms with Gasteiger partial charge in [-0.15, -0.1) is 0 Å². The molecule has 7 nitrogen and oxygen atoms in total. The highest BCUT2D eigenvalue weighted by Gasteiger charge is 2.55. The van der Waals surface area contributed by atoms with Gasteiger partial charge in [0.2, 0.25) is 0 Å². The van der Waals surface area contributed by atoms with Gasteiger partial charge in [-0.25, -0.2) is 4.79 Å². The summed E-state index contributed by atoms with van der Waals surface area (Å²) in [5.41, 5.74) is 3.30. The first-order chi connectivity index (χ1) is 16.8. The van der Waals surface area contributed by atoms with Crippen LogP contribution in [-0.2, 0) is 22.4 Å². The third-order valence-corrected chi connectivity index (χ3v) is 7.31. The van der Waals surface area contributed by atoms with Gasteiger partial charge >= 0.3 is 6.09 Å². The highest BCUT2D eigenvalue weighted by atomic mass is 16.6. The second kappa shape index (κ2) is 9.43. The summed E-state index contributed by atoms with van der Waals surface area (Å²) in [5, 5.41) is 0. The number of benzene rings is 1. The summed E-state index contributed by atoms with van der Waals surface area (Å²) in [4.78, 5) is 21.3. The number of pyridine rings is 1. The molecular weight excluding hydrogens is 442 g/mol. The van der Waals surface area contributed by atoms with E-state index in [1.165, 1.54) is 11.1 Å². The van der Waals surface area contributed by atoms with E-state index in [1.807, 2.05) is 37.9 Å². The maximum Gasteiger partial charge on any atom is 0.410 e. The molecule has 7 heteroatoms. The molecule has 0 N–H and O–H groups in total. The second-order valence-electron chi connectivity index (χ2n) is 11.3. The number of likely N-dealkylation sites (tertiary alicyclic amines) is 1. The summed E-state index contributed by atoms with van der Waals surface area (Å²) in [7, 11) is 1.76. The smallest absolute Gasteiger partial charge is 0.410 e. The zero-order valence-corrected chi connectivity index (χ0v) is 21.3. The van der Waals surface area contributed by atoms with Crippen molar-refractivity contribution in [1.29, 1.82) is 0 Å². The molecule has 0 radical (unpaired) electrons. The maximum atomic E-state index is 12.3. The molecule has 2 aliphatic heterocycles. The van der Waals surface area contributed by atoms with Gasteiger partial charge in [0.1, 0.15) is 17.5 Å². The molecule has 3 heterocycles. The molecule has 2 fully saturated rings. The van der Waals surface area contributed by atoms with Crippen molar-refractivity contribution >= 4 is 6.09 Å². The molecule has 1 aliphatic carbocycles. The van der Waals surface area contributed by atoms with E-state index in [0.29, 0.717) is 6.61 Å². The van der Waals surface area contributed by atoms with Crippen molar-refractivity contribution in [2.75, 3.05) is 33.4 Å². The molecule has 5 rings (SSSR count). The van der Waals surface area contributed by atoms with Crippen LogP contribution in [0, 0.1) is 5.41 Å². The molecule has 1 unspecified atom stereocenters. The monoisotopic (exact) mass is 479 g/mol. The molecule has 1 saturated carbocycles. The largest absolute Gasteiger partial charge is 0.490 e. The van der Waals surface area contributed by atoms with Gasteiger partial charge in [0.15, 0.2) is 0 Å². The Bertz CT molecular complexity index is 1040. The first kappa shape index (κ1) is 24.1. The van der Waals surface area contributed by atoms with E-state index in [2.05, 4.69) is 35.2 Å². The maximum absolute atomic E-state index is 12.3. The minimum atomic E-state index is -0.460. The van der Waals surface area contributed by atoms with Crippen molar-refractivity contribution in [3.8, 4) is 5.75 Å². The number of hydrogen-bond donors (Lipinski definition) is 0. The Balaban J connectivity index is 1.24. The van der Waals surface area contributed by atoms with Crippen molar-refractivity contribution < 1.29 is 19.0 Å². The van der Waals surface area contributed by atoms with E-state index in [9.17, 15) is 4.79 Å². The Hall–Kier alpha value is -2.64. The lowest BCUT2D eigenvalue weighted by molar-refractivity contribution is -0.117. The normalized spacial score (nSPS) is 21.7. The third kappa shape index (κ3) is 5.16. The van der Waals surface area contributed by atoms with Gasteiger partial charge in [0.05, 0.1) is 18.3 Å². The lowest BCUT2D eigenvalue weighted by Gasteiger charge is -2.58. The van der Waals surface area contributed by atoms with E-state index in [-0.39, 0.29) is 23.7 Å². The van der Waals surface area contributed by atoms with Gasteiger partial charge in [-0.1, -0.05) is 30.3 Å². The minimum Gasteiger partial charge on any atom is -0.490 e. The number of hydrogen-bond acceptors (Lipinski definition) is 6. The predicted molar refractivity (Wildman–Crippen MR) is 133 cm³/mol. The number of fused-ring (bicyclic) bond motifs is 1. The van der Waals surface area contributed by atoms with E-state index in [1.54, 1.807) is 7.11 Å². The molecule has 1 saturated heterocycles. The molecule has 0 bridgehead atoms. The van der Waals surface area contributed by atoms with Crippen molar-refractivity contribution in [2.24, 2.45) is 5.41 Å². The van der Waals surface area contributed by atoms with Crippen LogP contribution in [0.4, 0.5) is 4.79 Å². The lowest BCUT2D eigenvalue weighted by atomic mass is 9.62. The molecule has 1 spiro atoms. The number of carbonyl (C=O) groups is 1. The summed E-state index contributed by atoms with van der Waals surface area (Å²) in [6.07, 6.45) is 4.65. The van der Waals surface area contributed by atoms with Crippen LogP contribution in [0.15, 0.2) is 42.6 Å². The van der Waals surface area contributed by atoms with Crippen LogP contribution in [0.3, 0.4) is 0 Å². The van der Waals surface area contributed by atoms with Gasteiger partial charge in [-0.3, -0.25) is 9.88 Å². The number of methoxy groups -OCH3 is 1. The molecule has 2 aromatic rings. The Labute approximate surface area is 208 Å². The molecule has 1 amide bonds. The van der Waals surface area contributed by atoms with Gasteiger partial charge in [-0.2, -0.15) is 0 Å². The van der Waals surface area contributed by atoms with Crippen LogP contribution < -0.4 is 4.74 Å². The van der Waals surface area contributed by atoms with E-state index in [4.69, 9.17) is 19.2 Å². The lowest BCUT2D eigenvalue weighted by Crippen LogP contribution is -2.66. The molecule has 35 heavy (non-hydrogen) atoms. The van der Waals surface area contributed by atoms with Crippen LogP contribution >= 0.6 is 0 Å². The van der Waals surface area contributed by atoms with Crippen LogP contribution in [0.25, 0.3) is 0 Å². The topological polar surface area (TPSA) is 64.1 Å². The molecule has 1 atom stereocenters. The zero-order chi connectivity index (χ0) is 24.6. The Morgan fingerprint density at radius 3 is 2.57 bits per heavy atom. The SMILES string of the molecule is COCC1c2c(OC3CC4(C3)CN(C(=O)OC(C)(C)C)C4)ccnc2CCN1Cc1ccccc1. The van der Waals surface area contributed by atoms with Crippen molar-refractivity contribution in [3.63, 3.8) is 0 Å². The average Bonchev–Trinajstić information content (AvgIpc) is 2.75. The Morgan fingerprint density at radius 1 is 1.14 bits per heavy atom. The number of carbonyl (C=O) groups excluding carboxylic acids is 1. The Kier molecular flexibility index (Phi) is 6.49. The van der Waals surface area contributed by atoms with Gasteiger partial charge < -0.3 is 19.1 Å². The second-order valence-corrected chi connectivity index (χ2v) is 11.3. The summed E-state index contributed by atoms with van der Waals surface area (Å²) in [6, 6.07) is 12.7. The molecule has 1 aromatic heterocycles. The van der Waals surface area contributed by atoms with Gasteiger partial charge in [0.25, 0.3) is 0 Å². The fourth-order valence-electron chi connectivity index (χ4n) is 5.74. The predicted octanol–water partition coefficient (Wildman–Crippen LogP) is 4.61. The van der Waals surface area contributed by atoms with Crippen LogP contribution in [0.5, 0.6) is 5.75 Å². The highest BCUT2D eigenvalue weighted by molar-refractivity contribution is 5.69. The quantitative estimate of drug-likeness (QED) is 0.603. The first-order valence-corrected chi connectivity index (χ1v) is 12.6. The number of rotatable bonds is 6. The standard InChI is InChI=1S/C28H37N3O4/c1-27(2,3)35-26(32)31-18-28(19-31)14-21(15-28)34-24-10-12-29-22-11-13-30(23(17-33-4)25(22)24)16-20-8-6-5-7-9-20/h5-10,12,21,23H,11,13-19H2,1-4H3. The molecule has 1 aromatic carbocycles. The van der Waals surface area contributed by atoms with E-state index in [0.717, 1.165) is 56.9 Å². The Morgan fingerprint density at radius 2 is 1.89 bits per heavy atom. The van der Waals surface area contributed by atoms with Crippen molar-refractivity contribution in [2.45, 2.75) is 64.3 Å². The summed E-state index contributed by atoms with van der Waals surface area (Å²) in [5.74, 6) is 0.929. The van der Waals surface area contributed by atoms with Crippen LogP contribution in [-0.4, -0.2) is 65.9 Å². The number of ether oxygens (including phenoxy) is 3. The van der Waals surface area contributed by atoms with Gasteiger partial charge in [0, 0.05) is 56.9 Å². The van der Waals surface area contributed by atoms with Gasteiger partial charge in [-0.05, 0) is 45.2 Å². The average molecular weight is 480 g/mol. The number of amides is 1. The van der Waals surface area contributed by atoms with E-state index < -0.39 is 5.60 Å². The summed E-state index contributed by atoms with van der Waals surface area (Å²) >= 11 is 0. The number of nitrogens with zero attached hydrogens (tertiary/aromatic N) is 3. The first-order valence-electron chi connectivity index (χ1n) is 12.6. The summed E-state index contributed by atoms with van der Waals surface area (Å²) < 4.78 is 17.7. The molecule has 3 aliphatic rings. The van der Waals surface area contributed by atoms with Crippen LogP contribution in [0.1, 0.15) is 56.5 Å². The fourth-order valence-corrected chi connectivity index (χ4v) is 5.74. The summed E-state index contributed by atoms with van der Waals surface area (Å²) in [6.45, 7) is 9.64. The van der Waals surface area contributed by atoms with Crippen LogP contribution in [0.2, 0.25) is 0 Å². The zero-order valence-electron chi connectivity index (χ0n) is 21.3. The third-order valence-electron chi connectivity index (χ3n) is 7.31. The number of aromatic nitrogens is 1. The fraction of sp³-hybridized carbons (Fsp3) is 0.571. The van der Waals surface area contributed by atoms with E-state index >= 15 is 0 Å². The molecular formula is C28H37N3O4. The minimum absolute atomic E-state index is 0.105. The highest BCUT2D eigenvalue weighted by Crippen LogP contribution is 2.50. The van der Waals surface area contributed by atoms with Crippen molar-refractivity contribution in [1.82, 2.24) is 14.8 Å².